The highest BCUT2D eigenvalue weighted by Crippen LogP contribution is 2.32. The van der Waals surface area contributed by atoms with Crippen LogP contribution in [-0.2, 0) is 0 Å². The van der Waals surface area contributed by atoms with Crippen LogP contribution in [0.5, 0.6) is 0 Å². The molecule has 3 nitrogen and oxygen atoms in total. The molecule has 1 aromatic carbocycles. The topological polar surface area (TPSA) is 18.5 Å². The van der Waals surface area contributed by atoms with Gasteiger partial charge in [0.15, 0.2) is 0 Å². The van der Waals surface area contributed by atoms with Crippen molar-refractivity contribution in [2.75, 3.05) is 39.3 Å². The molecule has 0 spiro atoms. The van der Waals surface area contributed by atoms with Gasteiger partial charge in [-0.15, -0.1) is 0 Å². The molecule has 4 saturated heterocycles. The predicted molar refractivity (Wildman–Crippen MR) is 81.7 cm³/mol. The summed E-state index contributed by atoms with van der Waals surface area (Å²) < 4.78 is 0. The lowest BCUT2D eigenvalue weighted by atomic mass is 9.82. The molecule has 0 saturated carbocycles. The van der Waals surface area contributed by atoms with Crippen LogP contribution in [0.3, 0.4) is 0 Å². The van der Waals surface area contributed by atoms with Crippen LogP contribution < -0.4 is 5.32 Å². The molecule has 1 N–H and O–H groups in total. The van der Waals surface area contributed by atoms with Gasteiger partial charge in [0, 0.05) is 38.3 Å². The maximum atomic E-state index is 3.69. The van der Waals surface area contributed by atoms with E-state index in [1.54, 1.807) is 0 Å². The van der Waals surface area contributed by atoms with Crippen LogP contribution in [0.1, 0.15) is 24.4 Å². The molecule has 0 radical (unpaired) electrons. The van der Waals surface area contributed by atoms with Crippen LogP contribution in [0.25, 0.3) is 0 Å². The van der Waals surface area contributed by atoms with Crippen LogP contribution in [0, 0.1) is 5.92 Å². The maximum absolute atomic E-state index is 3.69. The third-order valence-electron chi connectivity index (χ3n) is 5.50. The normalized spacial score (nSPS) is 38.0. The Bertz CT molecular complexity index is 439. The third-order valence-corrected chi connectivity index (χ3v) is 5.50. The van der Waals surface area contributed by atoms with E-state index >= 15 is 0 Å². The largest absolute Gasteiger partial charge is 0.308 e. The second kappa shape index (κ2) is 5.47. The predicted octanol–water partition coefficient (Wildman–Crippen LogP) is 1.73. The summed E-state index contributed by atoms with van der Waals surface area (Å²) in [4.78, 5) is 5.44. The average Bonchev–Trinajstić information content (AvgIpc) is 2.57. The van der Waals surface area contributed by atoms with Crippen molar-refractivity contribution in [2.45, 2.75) is 24.9 Å². The highest BCUT2D eigenvalue weighted by atomic mass is 15.3. The standard InChI is InChI=1S/C17H25N3/c1-2-4-14(5-3-1)16-12-20(11-8-18-16)17-13-19-9-6-15(17)7-10-19/h1-5,15-18H,6-13H2. The quantitative estimate of drug-likeness (QED) is 0.884. The Morgan fingerprint density at radius 3 is 2.45 bits per heavy atom. The lowest BCUT2D eigenvalue weighted by Gasteiger charge is -2.51. The summed E-state index contributed by atoms with van der Waals surface area (Å²) in [5, 5.41) is 3.69. The zero-order valence-corrected chi connectivity index (χ0v) is 12.2. The molecule has 4 heterocycles. The zero-order chi connectivity index (χ0) is 13.4. The van der Waals surface area contributed by atoms with Crippen LogP contribution in [0.2, 0.25) is 0 Å². The van der Waals surface area contributed by atoms with Gasteiger partial charge in [-0.05, 0) is 37.4 Å². The minimum atomic E-state index is 0.514. The number of rotatable bonds is 2. The Balaban J connectivity index is 1.47. The number of hydrogen-bond acceptors (Lipinski definition) is 3. The molecule has 0 aromatic heterocycles. The summed E-state index contributed by atoms with van der Waals surface area (Å²) in [6.07, 6.45) is 2.84. The number of benzene rings is 1. The Hall–Kier alpha value is -0.900. The number of hydrogen-bond donors (Lipinski definition) is 1. The van der Waals surface area contributed by atoms with Crippen LogP contribution in [0.15, 0.2) is 30.3 Å². The summed E-state index contributed by atoms with van der Waals surface area (Å²) in [6.45, 7) is 7.52. The summed E-state index contributed by atoms with van der Waals surface area (Å²) in [5.41, 5.74) is 1.44. The summed E-state index contributed by atoms with van der Waals surface area (Å²) in [7, 11) is 0. The first-order chi connectivity index (χ1) is 9.90. The molecule has 108 valence electrons. The lowest BCUT2D eigenvalue weighted by molar-refractivity contribution is -0.00644. The molecule has 0 amide bonds. The fourth-order valence-electron chi connectivity index (χ4n) is 4.33. The second-order valence-corrected chi connectivity index (χ2v) is 6.62. The number of piperazine rings is 1. The van der Waals surface area contributed by atoms with Gasteiger partial charge in [-0.3, -0.25) is 4.90 Å². The maximum Gasteiger partial charge on any atom is 0.0449 e. The van der Waals surface area contributed by atoms with Gasteiger partial charge in [-0.25, -0.2) is 0 Å². The fraction of sp³-hybridized carbons (Fsp3) is 0.647. The molecule has 2 atom stereocenters. The van der Waals surface area contributed by atoms with Crippen molar-refractivity contribution >= 4 is 0 Å². The molecule has 2 bridgehead atoms. The number of nitrogens with one attached hydrogen (secondary N) is 1. The van der Waals surface area contributed by atoms with Gasteiger partial charge < -0.3 is 10.2 Å². The molecule has 5 rings (SSSR count). The minimum Gasteiger partial charge on any atom is -0.308 e. The molecular formula is C17H25N3. The van der Waals surface area contributed by atoms with E-state index in [-0.39, 0.29) is 0 Å². The van der Waals surface area contributed by atoms with Gasteiger partial charge in [-0.2, -0.15) is 0 Å². The SMILES string of the molecule is c1ccc(C2CN(C3CN4CCC3CC4)CCN2)cc1. The number of nitrogens with zero attached hydrogens (tertiary/aromatic N) is 2. The van der Waals surface area contributed by atoms with Gasteiger partial charge in [0.2, 0.25) is 0 Å². The van der Waals surface area contributed by atoms with E-state index in [1.807, 2.05) is 0 Å². The smallest absolute Gasteiger partial charge is 0.0449 e. The van der Waals surface area contributed by atoms with Crippen LogP contribution >= 0.6 is 0 Å². The van der Waals surface area contributed by atoms with Crippen molar-refractivity contribution in [2.24, 2.45) is 5.92 Å². The Labute approximate surface area is 121 Å². The second-order valence-electron chi connectivity index (χ2n) is 6.62. The monoisotopic (exact) mass is 271 g/mol. The fourth-order valence-corrected chi connectivity index (χ4v) is 4.33. The van der Waals surface area contributed by atoms with Gasteiger partial charge in [-0.1, -0.05) is 30.3 Å². The Morgan fingerprint density at radius 1 is 0.950 bits per heavy atom. The van der Waals surface area contributed by atoms with Crippen LogP contribution in [0.4, 0.5) is 0 Å². The third kappa shape index (κ3) is 2.39. The van der Waals surface area contributed by atoms with E-state index < -0.39 is 0 Å². The molecule has 3 heteroatoms. The summed E-state index contributed by atoms with van der Waals surface area (Å²) in [6, 6.07) is 12.3. The van der Waals surface area contributed by atoms with Crippen LogP contribution in [-0.4, -0.2) is 55.1 Å². The van der Waals surface area contributed by atoms with Crippen molar-refractivity contribution in [1.29, 1.82) is 0 Å². The molecule has 4 fully saturated rings. The zero-order valence-electron chi connectivity index (χ0n) is 12.2. The molecule has 4 aliphatic heterocycles. The lowest BCUT2D eigenvalue weighted by Crippen LogP contribution is -2.61. The first kappa shape index (κ1) is 12.8. The first-order valence-corrected chi connectivity index (χ1v) is 8.15. The number of fused-ring (bicyclic) bond motifs is 3. The molecule has 0 aliphatic carbocycles. The Kier molecular flexibility index (Phi) is 3.51. The molecule has 20 heavy (non-hydrogen) atoms. The van der Waals surface area contributed by atoms with E-state index in [2.05, 4.69) is 45.4 Å². The van der Waals surface area contributed by atoms with Gasteiger partial charge in [0.1, 0.15) is 0 Å². The average molecular weight is 271 g/mol. The van der Waals surface area contributed by atoms with Gasteiger partial charge >= 0.3 is 0 Å². The minimum absolute atomic E-state index is 0.514. The van der Waals surface area contributed by atoms with E-state index in [9.17, 15) is 0 Å². The molecule has 2 unspecified atom stereocenters. The highest BCUT2D eigenvalue weighted by Gasteiger charge is 2.38. The molecule has 4 aliphatic rings. The van der Waals surface area contributed by atoms with E-state index in [4.69, 9.17) is 0 Å². The van der Waals surface area contributed by atoms with E-state index in [0.717, 1.165) is 18.5 Å². The van der Waals surface area contributed by atoms with Crippen molar-refractivity contribution in [1.82, 2.24) is 15.1 Å². The van der Waals surface area contributed by atoms with Crippen molar-refractivity contribution < 1.29 is 0 Å². The van der Waals surface area contributed by atoms with Crippen molar-refractivity contribution in [3.8, 4) is 0 Å². The summed E-state index contributed by atoms with van der Waals surface area (Å²) in [5.74, 6) is 0.953. The summed E-state index contributed by atoms with van der Waals surface area (Å²) >= 11 is 0. The van der Waals surface area contributed by atoms with E-state index in [1.165, 1.54) is 51.1 Å². The van der Waals surface area contributed by atoms with Crippen molar-refractivity contribution in [3.63, 3.8) is 0 Å². The molecule has 1 aromatic rings. The highest BCUT2D eigenvalue weighted by molar-refractivity contribution is 5.20. The van der Waals surface area contributed by atoms with Gasteiger partial charge in [0.25, 0.3) is 0 Å². The molecular weight excluding hydrogens is 246 g/mol. The van der Waals surface area contributed by atoms with Crippen molar-refractivity contribution in [3.05, 3.63) is 35.9 Å². The van der Waals surface area contributed by atoms with E-state index in [0.29, 0.717) is 6.04 Å². The van der Waals surface area contributed by atoms with Gasteiger partial charge in [0.05, 0.1) is 0 Å². The number of piperidine rings is 3. The Morgan fingerprint density at radius 2 is 1.75 bits per heavy atom. The first-order valence-electron chi connectivity index (χ1n) is 8.15.